The lowest BCUT2D eigenvalue weighted by atomic mass is 9.40. The van der Waals surface area contributed by atoms with Crippen LogP contribution < -0.4 is 5.32 Å². The van der Waals surface area contributed by atoms with Gasteiger partial charge >= 0.3 is 0 Å². The summed E-state index contributed by atoms with van der Waals surface area (Å²) in [4.78, 5) is 9.76. The molecule has 114 valence electrons. The summed E-state index contributed by atoms with van der Waals surface area (Å²) in [6, 6.07) is 2.05. The third kappa shape index (κ3) is 2.00. The monoisotopic (exact) mass is 285 g/mol. The van der Waals surface area contributed by atoms with Crippen molar-refractivity contribution in [3.8, 4) is 0 Å². The fourth-order valence-electron chi connectivity index (χ4n) is 6.63. The molecular formula is C18H27N3. The summed E-state index contributed by atoms with van der Waals surface area (Å²) >= 11 is 0. The highest BCUT2D eigenvalue weighted by molar-refractivity contribution is 5.37. The van der Waals surface area contributed by atoms with Crippen LogP contribution in [0.1, 0.15) is 63.9 Å². The second-order valence-electron chi connectivity index (χ2n) is 8.88. The van der Waals surface area contributed by atoms with Gasteiger partial charge in [0.15, 0.2) is 0 Å². The SMILES string of the molecule is CNc1cc(C)nc(C23CC4CC(C)(CC(C)(C4)C2)C3)n1. The Morgan fingerprint density at radius 1 is 1.05 bits per heavy atom. The Bertz CT molecular complexity index is 576. The lowest BCUT2D eigenvalue weighted by Gasteiger charge is -2.64. The number of hydrogen-bond donors (Lipinski definition) is 1. The van der Waals surface area contributed by atoms with Crippen LogP contribution in [0.15, 0.2) is 6.07 Å². The topological polar surface area (TPSA) is 37.8 Å². The average Bonchev–Trinajstić information content (AvgIpc) is 2.33. The van der Waals surface area contributed by atoms with Crippen molar-refractivity contribution in [3.63, 3.8) is 0 Å². The molecule has 21 heavy (non-hydrogen) atoms. The minimum absolute atomic E-state index is 0.237. The van der Waals surface area contributed by atoms with Crippen molar-refractivity contribution in [2.24, 2.45) is 16.7 Å². The van der Waals surface area contributed by atoms with Crippen LogP contribution in [-0.4, -0.2) is 17.0 Å². The van der Waals surface area contributed by atoms with E-state index in [1.807, 2.05) is 13.1 Å². The molecule has 1 aromatic rings. The van der Waals surface area contributed by atoms with Gasteiger partial charge in [0.25, 0.3) is 0 Å². The highest BCUT2D eigenvalue weighted by Gasteiger charge is 2.61. The van der Waals surface area contributed by atoms with Crippen LogP contribution in [0, 0.1) is 23.7 Å². The molecule has 2 atom stereocenters. The third-order valence-corrected chi connectivity index (χ3v) is 6.21. The molecule has 3 heteroatoms. The van der Waals surface area contributed by atoms with E-state index in [4.69, 9.17) is 9.97 Å². The minimum Gasteiger partial charge on any atom is -0.373 e. The summed E-state index contributed by atoms with van der Waals surface area (Å²) in [5, 5.41) is 3.21. The normalized spacial score (nSPS) is 44.1. The fraction of sp³-hybridized carbons (Fsp3) is 0.778. The second-order valence-corrected chi connectivity index (χ2v) is 8.88. The van der Waals surface area contributed by atoms with Gasteiger partial charge in [-0.3, -0.25) is 0 Å². The average molecular weight is 285 g/mol. The van der Waals surface area contributed by atoms with E-state index in [-0.39, 0.29) is 5.41 Å². The molecular weight excluding hydrogens is 258 g/mol. The first-order valence-electron chi connectivity index (χ1n) is 8.38. The lowest BCUT2D eigenvalue weighted by Crippen LogP contribution is -2.57. The van der Waals surface area contributed by atoms with Crippen LogP contribution in [0.2, 0.25) is 0 Å². The summed E-state index contributed by atoms with van der Waals surface area (Å²) in [6.07, 6.45) is 8.15. The summed E-state index contributed by atoms with van der Waals surface area (Å²) < 4.78 is 0. The molecule has 1 N–H and O–H groups in total. The molecule has 0 amide bonds. The number of nitrogens with one attached hydrogen (secondary N) is 1. The molecule has 0 aromatic carbocycles. The Balaban J connectivity index is 1.82. The molecule has 3 nitrogen and oxygen atoms in total. The van der Waals surface area contributed by atoms with Crippen LogP contribution in [0.4, 0.5) is 5.82 Å². The van der Waals surface area contributed by atoms with Crippen molar-refractivity contribution >= 4 is 5.82 Å². The summed E-state index contributed by atoms with van der Waals surface area (Å²) in [7, 11) is 1.95. The molecule has 4 fully saturated rings. The number of rotatable bonds is 2. The van der Waals surface area contributed by atoms with Crippen LogP contribution in [-0.2, 0) is 5.41 Å². The maximum atomic E-state index is 4.88. The predicted molar refractivity (Wildman–Crippen MR) is 85.4 cm³/mol. The number of aryl methyl sites for hydroxylation is 1. The molecule has 4 bridgehead atoms. The number of aromatic nitrogens is 2. The van der Waals surface area contributed by atoms with Gasteiger partial charge in [-0.1, -0.05) is 13.8 Å². The quantitative estimate of drug-likeness (QED) is 0.890. The van der Waals surface area contributed by atoms with E-state index in [2.05, 4.69) is 26.1 Å². The van der Waals surface area contributed by atoms with Crippen LogP contribution in [0.5, 0.6) is 0 Å². The predicted octanol–water partition coefficient (Wildman–Crippen LogP) is 4.07. The molecule has 4 aliphatic carbocycles. The van der Waals surface area contributed by atoms with Gasteiger partial charge in [-0.15, -0.1) is 0 Å². The van der Waals surface area contributed by atoms with Crippen LogP contribution >= 0.6 is 0 Å². The van der Waals surface area contributed by atoms with E-state index in [0.29, 0.717) is 10.8 Å². The molecule has 1 aromatic heterocycles. The van der Waals surface area contributed by atoms with E-state index >= 15 is 0 Å². The van der Waals surface area contributed by atoms with Gasteiger partial charge in [-0.05, 0) is 62.2 Å². The van der Waals surface area contributed by atoms with Crippen molar-refractivity contribution in [2.45, 2.75) is 64.7 Å². The summed E-state index contributed by atoms with van der Waals surface area (Å²) in [5.74, 6) is 2.98. The summed E-state index contributed by atoms with van der Waals surface area (Å²) in [6.45, 7) is 7.12. The van der Waals surface area contributed by atoms with Gasteiger partial charge in [0.05, 0.1) is 0 Å². The van der Waals surface area contributed by atoms with Crippen molar-refractivity contribution in [3.05, 3.63) is 17.6 Å². The number of anilines is 1. The van der Waals surface area contributed by atoms with E-state index in [0.717, 1.165) is 23.3 Å². The van der Waals surface area contributed by atoms with E-state index in [1.165, 1.54) is 38.5 Å². The zero-order valence-electron chi connectivity index (χ0n) is 13.8. The van der Waals surface area contributed by atoms with Crippen molar-refractivity contribution in [1.29, 1.82) is 0 Å². The first kappa shape index (κ1) is 13.5. The van der Waals surface area contributed by atoms with Gasteiger partial charge in [0.1, 0.15) is 11.6 Å². The maximum absolute atomic E-state index is 4.88. The van der Waals surface area contributed by atoms with E-state index in [1.54, 1.807) is 0 Å². The van der Waals surface area contributed by atoms with Gasteiger partial charge in [-0.2, -0.15) is 0 Å². The summed E-state index contributed by atoms with van der Waals surface area (Å²) in [5.41, 5.74) is 2.36. The van der Waals surface area contributed by atoms with Gasteiger partial charge in [0.2, 0.25) is 0 Å². The Morgan fingerprint density at radius 2 is 1.71 bits per heavy atom. The molecule has 0 radical (unpaired) electrons. The Kier molecular flexibility index (Phi) is 2.57. The maximum Gasteiger partial charge on any atom is 0.137 e. The molecule has 0 spiro atoms. The zero-order chi connectivity index (χ0) is 14.9. The van der Waals surface area contributed by atoms with Gasteiger partial charge < -0.3 is 5.32 Å². The van der Waals surface area contributed by atoms with Crippen molar-refractivity contribution < 1.29 is 0 Å². The minimum atomic E-state index is 0.237. The first-order valence-corrected chi connectivity index (χ1v) is 8.38. The Labute approximate surface area is 128 Å². The fourth-order valence-corrected chi connectivity index (χ4v) is 6.63. The molecule has 4 saturated carbocycles. The molecule has 5 rings (SSSR count). The van der Waals surface area contributed by atoms with Gasteiger partial charge in [0, 0.05) is 24.2 Å². The van der Waals surface area contributed by atoms with E-state index < -0.39 is 0 Å². The Hall–Kier alpha value is -1.12. The van der Waals surface area contributed by atoms with Crippen molar-refractivity contribution in [1.82, 2.24) is 9.97 Å². The Morgan fingerprint density at radius 3 is 2.29 bits per heavy atom. The molecule has 4 aliphatic rings. The highest BCUT2D eigenvalue weighted by Crippen LogP contribution is 2.69. The number of nitrogens with zero attached hydrogens (tertiary/aromatic N) is 2. The first-order chi connectivity index (χ1) is 9.84. The third-order valence-electron chi connectivity index (χ3n) is 6.21. The molecule has 2 unspecified atom stereocenters. The van der Waals surface area contributed by atoms with E-state index in [9.17, 15) is 0 Å². The van der Waals surface area contributed by atoms with Crippen LogP contribution in [0.3, 0.4) is 0 Å². The number of hydrogen-bond acceptors (Lipinski definition) is 3. The largest absolute Gasteiger partial charge is 0.373 e. The molecule has 1 heterocycles. The smallest absolute Gasteiger partial charge is 0.137 e. The van der Waals surface area contributed by atoms with Crippen LogP contribution in [0.25, 0.3) is 0 Å². The zero-order valence-corrected chi connectivity index (χ0v) is 13.8. The van der Waals surface area contributed by atoms with Gasteiger partial charge in [-0.25, -0.2) is 9.97 Å². The molecule has 0 saturated heterocycles. The van der Waals surface area contributed by atoms with Crippen molar-refractivity contribution in [2.75, 3.05) is 12.4 Å². The highest BCUT2D eigenvalue weighted by atomic mass is 15.0. The molecule has 0 aliphatic heterocycles. The lowest BCUT2D eigenvalue weighted by molar-refractivity contribution is -0.112. The standard InChI is InChI=1S/C18H27N3/c1-12-5-14(19-4)21-15(20-12)18-8-13-6-16(2,10-18)9-17(3,7-13)11-18/h5,13H,6-11H2,1-4H3,(H,19,20,21). The second kappa shape index (κ2) is 3.99.